The molecule has 0 saturated carbocycles. The number of nitrogens with one attached hydrogen (secondary N) is 2. The van der Waals surface area contributed by atoms with Crippen LogP contribution in [0, 0.1) is 0 Å². The Labute approximate surface area is 178 Å². The predicted molar refractivity (Wildman–Crippen MR) is 119 cm³/mol. The fourth-order valence-electron chi connectivity index (χ4n) is 2.75. The summed E-state index contributed by atoms with van der Waals surface area (Å²) in [5.74, 6) is -0.318. The van der Waals surface area contributed by atoms with Crippen LogP contribution in [0.1, 0.15) is 10.4 Å². The molecule has 0 aliphatic rings. The van der Waals surface area contributed by atoms with E-state index in [2.05, 4.69) is 15.0 Å². The molecule has 0 atom stereocenters. The molecule has 3 aromatic carbocycles. The van der Waals surface area contributed by atoms with Crippen LogP contribution in [-0.2, 0) is 10.0 Å². The van der Waals surface area contributed by atoms with Crippen molar-refractivity contribution in [2.24, 2.45) is 0 Å². The van der Waals surface area contributed by atoms with E-state index in [1.54, 1.807) is 42.5 Å². The van der Waals surface area contributed by atoms with Crippen molar-refractivity contribution in [3.8, 4) is 11.3 Å². The van der Waals surface area contributed by atoms with Crippen molar-refractivity contribution in [1.82, 2.24) is 4.98 Å². The number of amides is 1. The summed E-state index contributed by atoms with van der Waals surface area (Å²) in [6, 6.07) is 24.0. The first-order valence-electron chi connectivity index (χ1n) is 9.01. The zero-order valence-electron chi connectivity index (χ0n) is 15.6. The predicted octanol–water partition coefficient (Wildman–Crippen LogP) is 4.86. The molecule has 4 aromatic rings. The van der Waals surface area contributed by atoms with Crippen molar-refractivity contribution < 1.29 is 13.2 Å². The van der Waals surface area contributed by atoms with Crippen LogP contribution in [0.5, 0.6) is 0 Å². The first-order valence-corrected chi connectivity index (χ1v) is 11.4. The largest absolute Gasteiger partial charge is 0.298 e. The summed E-state index contributed by atoms with van der Waals surface area (Å²) < 4.78 is 27.3. The second-order valence-corrected chi connectivity index (χ2v) is 8.89. The van der Waals surface area contributed by atoms with Crippen molar-refractivity contribution in [3.05, 3.63) is 95.9 Å². The van der Waals surface area contributed by atoms with Crippen molar-refractivity contribution in [1.29, 1.82) is 0 Å². The molecule has 0 bridgehead atoms. The maximum Gasteiger partial charge on any atom is 0.261 e. The highest BCUT2D eigenvalue weighted by atomic mass is 32.2. The van der Waals surface area contributed by atoms with Gasteiger partial charge in [-0.2, -0.15) is 0 Å². The number of aromatic nitrogens is 1. The molecule has 30 heavy (non-hydrogen) atoms. The summed E-state index contributed by atoms with van der Waals surface area (Å²) in [5.41, 5.74) is 2.54. The van der Waals surface area contributed by atoms with Gasteiger partial charge in [0.05, 0.1) is 10.6 Å². The molecule has 2 N–H and O–H groups in total. The third-order valence-corrected chi connectivity index (χ3v) is 6.40. The number of sulfonamides is 1. The van der Waals surface area contributed by atoms with Crippen molar-refractivity contribution in [2.45, 2.75) is 4.90 Å². The molecule has 0 radical (unpaired) electrons. The molecule has 0 aliphatic carbocycles. The van der Waals surface area contributed by atoms with Crippen LogP contribution in [0.25, 0.3) is 11.3 Å². The third kappa shape index (κ3) is 4.56. The molecule has 1 amide bonds. The average molecular weight is 436 g/mol. The molecule has 6 nitrogen and oxygen atoms in total. The van der Waals surface area contributed by atoms with E-state index in [0.29, 0.717) is 16.4 Å². The molecule has 0 fully saturated rings. The highest BCUT2D eigenvalue weighted by Gasteiger charge is 2.14. The van der Waals surface area contributed by atoms with Gasteiger partial charge in [0.2, 0.25) is 0 Å². The molecule has 0 unspecified atom stereocenters. The minimum atomic E-state index is -3.68. The minimum absolute atomic E-state index is 0.171. The first kappa shape index (κ1) is 19.8. The standard InChI is InChI=1S/C22H17N3O3S2/c26-21(24-22-23-20(15-29-22)16-7-3-1-4-8-16)17-11-13-18(14-12-17)25-30(27,28)19-9-5-2-6-10-19/h1-15,25H,(H,23,24,26). The summed E-state index contributed by atoms with van der Waals surface area (Å²) in [7, 11) is -3.68. The van der Waals surface area contributed by atoms with E-state index in [0.717, 1.165) is 11.3 Å². The SMILES string of the molecule is O=C(Nc1nc(-c2ccccc2)cs1)c1ccc(NS(=O)(=O)c2ccccc2)cc1. The quantitative estimate of drug-likeness (QED) is 0.453. The van der Waals surface area contributed by atoms with Crippen molar-refractivity contribution >= 4 is 38.1 Å². The van der Waals surface area contributed by atoms with E-state index >= 15 is 0 Å². The van der Waals surface area contributed by atoms with Crippen LogP contribution in [0.4, 0.5) is 10.8 Å². The number of benzene rings is 3. The Kier molecular flexibility index (Phi) is 5.60. The highest BCUT2D eigenvalue weighted by Crippen LogP contribution is 2.25. The topological polar surface area (TPSA) is 88.2 Å². The first-order chi connectivity index (χ1) is 14.5. The number of rotatable bonds is 6. The average Bonchev–Trinajstić information content (AvgIpc) is 3.24. The number of carbonyl (C=O) groups excluding carboxylic acids is 1. The van der Waals surface area contributed by atoms with Gasteiger partial charge in [0, 0.05) is 22.2 Å². The molecular weight excluding hydrogens is 418 g/mol. The Balaban J connectivity index is 1.43. The van der Waals surface area contributed by atoms with Crippen LogP contribution in [0.2, 0.25) is 0 Å². The Hall–Kier alpha value is -3.49. The van der Waals surface area contributed by atoms with Gasteiger partial charge in [-0.15, -0.1) is 11.3 Å². The highest BCUT2D eigenvalue weighted by molar-refractivity contribution is 7.92. The number of nitrogens with zero attached hydrogens (tertiary/aromatic N) is 1. The van der Waals surface area contributed by atoms with Crippen LogP contribution in [0.3, 0.4) is 0 Å². The van der Waals surface area contributed by atoms with E-state index in [1.807, 2.05) is 35.7 Å². The molecule has 0 aliphatic heterocycles. The lowest BCUT2D eigenvalue weighted by Gasteiger charge is -2.08. The third-order valence-electron chi connectivity index (χ3n) is 4.25. The Morgan fingerprint density at radius 2 is 1.47 bits per heavy atom. The van der Waals surface area contributed by atoms with Gasteiger partial charge in [-0.05, 0) is 36.4 Å². The molecule has 1 heterocycles. The van der Waals surface area contributed by atoms with Gasteiger partial charge >= 0.3 is 0 Å². The van der Waals surface area contributed by atoms with Gasteiger partial charge in [0.15, 0.2) is 5.13 Å². The van der Waals surface area contributed by atoms with E-state index in [1.165, 1.54) is 23.5 Å². The summed E-state index contributed by atoms with van der Waals surface area (Å²) >= 11 is 1.34. The number of hydrogen-bond acceptors (Lipinski definition) is 5. The number of hydrogen-bond donors (Lipinski definition) is 2. The molecular formula is C22H17N3O3S2. The van der Waals surface area contributed by atoms with Gasteiger partial charge in [-0.3, -0.25) is 14.8 Å². The van der Waals surface area contributed by atoms with Crippen LogP contribution >= 0.6 is 11.3 Å². The fraction of sp³-hybridized carbons (Fsp3) is 0. The van der Waals surface area contributed by atoms with Gasteiger partial charge in [0.1, 0.15) is 0 Å². The fourth-order valence-corrected chi connectivity index (χ4v) is 4.54. The van der Waals surface area contributed by atoms with Crippen molar-refractivity contribution in [2.75, 3.05) is 10.0 Å². The van der Waals surface area contributed by atoms with E-state index in [-0.39, 0.29) is 10.8 Å². The van der Waals surface area contributed by atoms with Gasteiger partial charge < -0.3 is 0 Å². The monoisotopic (exact) mass is 435 g/mol. The number of anilines is 2. The normalized spacial score (nSPS) is 11.1. The Morgan fingerprint density at radius 3 is 2.13 bits per heavy atom. The van der Waals surface area contributed by atoms with E-state index in [9.17, 15) is 13.2 Å². The molecule has 0 saturated heterocycles. The summed E-state index contributed by atoms with van der Waals surface area (Å²) in [6.45, 7) is 0. The lowest BCUT2D eigenvalue weighted by molar-refractivity contribution is 0.102. The molecule has 4 rings (SSSR count). The van der Waals surface area contributed by atoms with Crippen LogP contribution < -0.4 is 10.0 Å². The second-order valence-electron chi connectivity index (χ2n) is 6.35. The Bertz CT molecular complexity index is 1250. The van der Waals surface area contributed by atoms with E-state index < -0.39 is 10.0 Å². The summed E-state index contributed by atoms with van der Waals surface area (Å²) in [5, 5.41) is 5.15. The van der Waals surface area contributed by atoms with Gasteiger partial charge in [0.25, 0.3) is 15.9 Å². The van der Waals surface area contributed by atoms with Crippen molar-refractivity contribution in [3.63, 3.8) is 0 Å². The maximum absolute atomic E-state index is 12.5. The zero-order valence-corrected chi connectivity index (χ0v) is 17.3. The minimum Gasteiger partial charge on any atom is -0.298 e. The molecule has 150 valence electrons. The number of thiazole rings is 1. The Morgan fingerprint density at radius 1 is 0.833 bits per heavy atom. The maximum atomic E-state index is 12.5. The lowest BCUT2D eigenvalue weighted by atomic mass is 10.2. The van der Waals surface area contributed by atoms with Crippen LogP contribution in [-0.4, -0.2) is 19.3 Å². The van der Waals surface area contributed by atoms with Gasteiger partial charge in [-0.25, -0.2) is 13.4 Å². The lowest BCUT2D eigenvalue weighted by Crippen LogP contribution is -2.14. The van der Waals surface area contributed by atoms with E-state index in [4.69, 9.17) is 0 Å². The molecule has 1 aromatic heterocycles. The summed E-state index contributed by atoms with van der Waals surface area (Å²) in [6.07, 6.45) is 0. The van der Waals surface area contributed by atoms with Gasteiger partial charge in [-0.1, -0.05) is 48.5 Å². The molecule has 8 heteroatoms. The zero-order chi connectivity index (χ0) is 21.0. The number of carbonyl (C=O) groups is 1. The summed E-state index contributed by atoms with van der Waals surface area (Å²) in [4.78, 5) is 17.1. The second kappa shape index (κ2) is 8.48. The molecule has 0 spiro atoms. The smallest absolute Gasteiger partial charge is 0.261 e. The van der Waals surface area contributed by atoms with Crippen LogP contribution in [0.15, 0.2) is 95.2 Å².